The molecule has 0 atom stereocenters. The van der Waals surface area contributed by atoms with E-state index >= 15 is 0 Å². The third-order valence-electron chi connectivity index (χ3n) is 1.92. The number of methoxy groups -OCH3 is 2. The normalized spacial score (nSPS) is 9.29. The van der Waals surface area contributed by atoms with Gasteiger partial charge in [0.2, 0.25) is 0 Å². The number of hydrogen-bond acceptors (Lipinski definition) is 5. The lowest BCUT2D eigenvalue weighted by molar-refractivity contribution is -0.143. The van der Waals surface area contributed by atoms with Crippen molar-refractivity contribution in [2.24, 2.45) is 0 Å². The van der Waals surface area contributed by atoms with Crippen molar-refractivity contribution in [3.05, 3.63) is 35.4 Å². The van der Waals surface area contributed by atoms with Crippen molar-refractivity contribution in [3.8, 4) is 5.75 Å². The van der Waals surface area contributed by atoms with E-state index in [0.717, 1.165) is 14.2 Å². The number of benzene rings is 1. The molecule has 0 fully saturated rings. The molecule has 0 saturated carbocycles. The second-order valence-corrected chi connectivity index (χ2v) is 3.04. The Balaban J connectivity index is 3.13. The maximum Gasteiger partial charge on any atom is 0.345 e. The maximum absolute atomic E-state index is 11.3. The van der Waals surface area contributed by atoms with E-state index in [1.54, 1.807) is 0 Å². The lowest BCUT2D eigenvalue weighted by Gasteiger charge is -2.03. The molecule has 1 aromatic rings. The van der Waals surface area contributed by atoms with E-state index in [1.807, 2.05) is 0 Å². The van der Waals surface area contributed by atoms with Gasteiger partial charge in [0.25, 0.3) is 0 Å². The molecule has 0 spiro atoms. The predicted octanol–water partition coefficient (Wildman–Crippen LogP) is 0.922. The van der Waals surface area contributed by atoms with Crippen LogP contribution in [0.5, 0.6) is 5.75 Å². The lowest BCUT2D eigenvalue weighted by Crippen LogP contribution is -2.15. The van der Waals surface area contributed by atoms with Crippen LogP contribution in [0.4, 0.5) is 0 Å². The first-order valence-electron chi connectivity index (χ1n) is 4.67. The molecule has 5 nitrogen and oxygen atoms in total. The molecule has 1 N–H and O–H groups in total. The zero-order chi connectivity index (χ0) is 12.8. The Labute approximate surface area is 98.3 Å². The molecule has 89 valence electrons. The molecule has 0 heterocycles. The summed E-state index contributed by atoms with van der Waals surface area (Å²) in [6.45, 7) is 0. The standard InChI is InChI=1S/C12H11O5/c1-16-11(14)10(12(15)17-2)7-8-4-3-5-9(13)6-8/h3,5-7,13H,1-2H3. The Kier molecular flexibility index (Phi) is 4.28. The van der Waals surface area contributed by atoms with E-state index in [1.165, 1.54) is 24.3 Å². The zero-order valence-corrected chi connectivity index (χ0v) is 9.39. The summed E-state index contributed by atoms with van der Waals surface area (Å²) in [4.78, 5) is 22.7. The zero-order valence-electron chi connectivity index (χ0n) is 9.39. The highest BCUT2D eigenvalue weighted by atomic mass is 16.5. The Bertz CT molecular complexity index is 444. The third-order valence-corrected chi connectivity index (χ3v) is 1.92. The molecular formula is C12H11O5. The molecule has 1 rings (SSSR count). The fourth-order valence-electron chi connectivity index (χ4n) is 1.13. The van der Waals surface area contributed by atoms with Crippen molar-refractivity contribution in [2.75, 3.05) is 14.2 Å². The first kappa shape index (κ1) is 12.8. The minimum atomic E-state index is -0.811. The summed E-state index contributed by atoms with van der Waals surface area (Å²) in [6, 6.07) is 6.99. The van der Waals surface area contributed by atoms with E-state index in [9.17, 15) is 14.7 Å². The molecule has 5 heteroatoms. The molecule has 1 aromatic carbocycles. The van der Waals surface area contributed by atoms with Gasteiger partial charge in [-0.1, -0.05) is 6.07 Å². The Morgan fingerprint density at radius 3 is 2.35 bits per heavy atom. The van der Waals surface area contributed by atoms with E-state index in [2.05, 4.69) is 15.5 Å². The average Bonchev–Trinajstić information content (AvgIpc) is 2.34. The number of phenolic OH excluding ortho intramolecular Hbond substituents is 1. The first-order valence-corrected chi connectivity index (χ1v) is 4.67. The van der Waals surface area contributed by atoms with Gasteiger partial charge in [-0.3, -0.25) is 0 Å². The molecule has 0 aliphatic carbocycles. The van der Waals surface area contributed by atoms with Gasteiger partial charge in [0, 0.05) is 0 Å². The Morgan fingerprint density at radius 2 is 1.88 bits per heavy atom. The Morgan fingerprint density at radius 1 is 1.29 bits per heavy atom. The van der Waals surface area contributed by atoms with Gasteiger partial charge in [-0.2, -0.15) is 0 Å². The van der Waals surface area contributed by atoms with Gasteiger partial charge in [-0.15, -0.1) is 0 Å². The molecule has 0 unspecified atom stereocenters. The monoisotopic (exact) mass is 235 g/mol. The van der Waals surface area contributed by atoms with Crippen molar-refractivity contribution < 1.29 is 24.2 Å². The second kappa shape index (κ2) is 5.69. The van der Waals surface area contributed by atoms with Gasteiger partial charge >= 0.3 is 11.9 Å². The number of rotatable bonds is 3. The van der Waals surface area contributed by atoms with Gasteiger partial charge < -0.3 is 14.6 Å². The molecule has 0 aliphatic heterocycles. The number of carbonyl (C=O) groups is 2. The minimum Gasteiger partial charge on any atom is -0.508 e. The number of esters is 2. The van der Waals surface area contributed by atoms with Crippen LogP contribution in [0, 0.1) is 6.07 Å². The van der Waals surface area contributed by atoms with Crippen LogP contribution in [-0.2, 0) is 19.1 Å². The van der Waals surface area contributed by atoms with Crippen LogP contribution in [-0.4, -0.2) is 31.3 Å². The van der Waals surface area contributed by atoms with Gasteiger partial charge in [0.05, 0.1) is 14.2 Å². The summed E-state index contributed by atoms with van der Waals surface area (Å²) < 4.78 is 8.91. The maximum atomic E-state index is 11.3. The lowest BCUT2D eigenvalue weighted by atomic mass is 10.1. The number of carbonyl (C=O) groups excluding carboxylic acids is 2. The van der Waals surface area contributed by atoms with Gasteiger partial charge in [0.15, 0.2) is 0 Å². The van der Waals surface area contributed by atoms with Crippen molar-refractivity contribution >= 4 is 18.0 Å². The van der Waals surface area contributed by atoms with Gasteiger partial charge in [-0.25, -0.2) is 9.59 Å². The molecule has 0 bridgehead atoms. The molecule has 1 radical (unpaired) electrons. The summed E-state index contributed by atoms with van der Waals surface area (Å²) >= 11 is 0. The van der Waals surface area contributed by atoms with Crippen LogP contribution in [0.2, 0.25) is 0 Å². The van der Waals surface area contributed by atoms with Crippen molar-refractivity contribution in [1.29, 1.82) is 0 Å². The summed E-state index contributed by atoms with van der Waals surface area (Å²) in [5.74, 6) is -1.62. The average molecular weight is 235 g/mol. The van der Waals surface area contributed by atoms with Crippen LogP contribution < -0.4 is 0 Å². The number of hydrogen-bond donors (Lipinski definition) is 1. The number of ether oxygens (including phenoxy) is 2. The fourth-order valence-corrected chi connectivity index (χ4v) is 1.13. The van der Waals surface area contributed by atoms with E-state index in [4.69, 9.17) is 0 Å². The largest absolute Gasteiger partial charge is 0.508 e. The molecule has 0 saturated heterocycles. The molecule has 17 heavy (non-hydrogen) atoms. The minimum absolute atomic E-state index is 0.00378. The highest BCUT2D eigenvalue weighted by Gasteiger charge is 2.19. The summed E-state index contributed by atoms with van der Waals surface area (Å²) in [7, 11) is 2.32. The topological polar surface area (TPSA) is 72.8 Å². The van der Waals surface area contributed by atoms with E-state index < -0.39 is 11.9 Å². The fraction of sp³-hybridized carbons (Fsp3) is 0.167. The van der Waals surface area contributed by atoms with E-state index in [-0.39, 0.29) is 11.3 Å². The number of aromatic hydroxyl groups is 1. The van der Waals surface area contributed by atoms with Crippen LogP contribution >= 0.6 is 0 Å². The third kappa shape index (κ3) is 3.34. The van der Waals surface area contributed by atoms with Crippen molar-refractivity contribution in [2.45, 2.75) is 0 Å². The van der Waals surface area contributed by atoms with Crippen LogP contribution in [0.3, 0.4) is 0 Å². The summed E-state index contributed by atoms with van der Waals surface area (Å²) in [5.41, 5.74) is 0.104. The first-order chi connectivity index (χ1) is 8.08. The summed E-state index contributed by atoms with van der Waals surface area (Å²) in [6.07, 6.45) is 1.23. The SMILES string of the molecule is COC(=O)C(=Cc1[c]ccc(O)c1)C(=O)OC. The number of phenols is 1. The van der Waals surface area contributed by atoms with Crippen molar-refractivity contribution in [1.82, 2.24) is 0 Å². The molecule has 0 aromatic heterocycles. The van der Waals surface area contributed by atoms with Crippen LogP contribution in [0.15, 0.2) is 23.8 Å². The molecular weight excluding hydrogens is 224 g/mol. The van der Waals surface area contributed by atoms with Crippen LogP contribution in [0.25, 0.3) is 6.08 Å². The van der Waals surface area contributed by atoms with Crippen LogP contribution in [0.1, 0.15) is 5.56 Å². The highest BCUT2D eigenvalue weighted by molar-refractivity contribution is 6.17. The Hall–Kier alpha value is -2.30. The van der Waals surface area contributed by atoms with Crippen molar-refractivity contribution in [3.63, 3.8) is 0 Å². The molecule has 0 aliphatic rings. The highest BCUT2D eigenvalue weighted by Crippen LogP contribution is 2.14. The van der Waals surface area contributed by atoms with Gasteiger partial charge in [-0.05, 0) is 29.8 Å². The summed E-state index contributed by atoms with van der Waals surface area (Å²) in [5, 5.41) is 9.24. The second-order valence-electron chi connectivity index (χ2n) is 3.04. The van der Waals surface area contributed by atoms with Gasteiger partial charge in [0.1, 0.15) is 11.3 Å². The molecule has 0 amide bonds. The smallest absolute Gasteiger partial charge is 0.345 e. The quantitative estimate of drug-likeness (QED) is 0.365. The van der Waals surface area contributed by atoms with E-state index in [0.29, 0.717) is 5.56 Å². The predicted molar refractivity (Wildman–Crippen MR) is 59.0 cm³/mol.